The highest BCUT2D eigenvalue weighted by atomic mass is 19.1. The molecule has 0 spiro atoms. The highest BCUT2D eigenvalue weighted by Gasteiger charge is 2.38. The molecule has 1 aromatic heterocycles. The summed E-state index contributed by atoms with van der Waals surface area (Å²) >= 11 is 0. The number of nitrogens with one attached hydrogen (secondary N) is 1. The van der Waals surface area contributed by atoms with Crippen LogP contribution in [0.25, 0.3) is 0 Å². The van der Waals surface area contributed by atoms with E-state index in [-0.39, 0.29) is 37.7 Å². The van der Waals surface area contributed by atoms with Gasteiger partial charge in [0.25, 0.3) is 11.8 Å². The minimum atomic E-state index is -1.54. The number of aromatic nitrogens is 1. The Hall–Kier alpha value is -4.25. The van der Waals surface area contributed by atoms with Crippen LogP contribution in [0.2, 0.25) is 0 Å². The highest BCUT2D eigenvalue weighted by Crippen LogP contribution is 2.37. The molecule has 5 rings (SSSR count). The van der Waals surface area contributed by atoms with Crippen molar-refractivity contribution in [2.75, 3.05) is 36.4 Å². The molecule has 2 amide bonds. The molecule has 2 aliphatic heterocycles. The molecule has 3 aromatic rings. The van der Waals surface area contributed by atoms with Crippen LogP contribution < -0.4 is 10.2 Å². The number of rotatable bonds is 5. The van der Waals surface area contributed by atoms with E-state index in [1.54, 1.807) is 47.5 Å². The number of anilines is 2. The van der Waals surface area contributed by atoms with Crippen LogP contribution in [-0.4, -0.2) is 47.9 Å². The van der Waals surface area contributed by atoms with Crippen LogP contribution in [0.15, 0.2) is 54.7 Å². The number of likely N-dealkylation sites (tertiary alicyclic amines) is 1. The number of nitriles is 1. The Morgan fingerprint density at radius 3 is 2.29 bits per heavy atom. The fourth-order valence-corrected chi connectivity index (χ4v) is 5.03. The molecule has 38 heavy (non-hydrogen) atoms. The smallest absolute Gasteiger partial charge is 0.257 e. The van der Waals surface area contributed by atoms with E-state index < -0.39 is 5.67 Å². The topological polar surface area (TPSA) is 89.3 Å². The van der Waals surface area contributed by atoms with Crippen molar-refractivity contribution in [1.29, 1.82) is 5.26 Å². The summed E-state index contributed by atoms with van der Waals surface area (Å²) in [5.41, 5.74) is 2.63. The quantitative estimate of drug-likeness (QED) is 0.513. The predicted molar refractivity (Wildman–Crippen MR) is 144 cm³/mol. The number of hydrogen-bond donors (Lipinski definition) is 1. The Morgan fingerprint density at radius 1 is 1.00 bits per heavy atom. The maximum atomic E-state index is 15.7. The van der Waals surface area contributed by atoms with Crippen molar-refractivity contribution in [2.45, 2.75) is 38.8 Å². The van der Waals surface area contributed by atoms with Gasteiger partial charge < -0.3 is 15.1 Å². The third-order valence-electron chi connectivity index (χ3n) is 7.61. The van der Waals surface area contributed by atoms with Crippen LogP contribution in [0.1, 0.15) is 62.2 Å². The lowest BCUT2D eigenvalue weighted by molar-refractivity contribution is 0.0421. The molecule has 8 heteroatoms. The number of aryl methyl sites for hydroxylation is 2. The Bertz CT molecular complexity index is 1400. The monoisotopic (exact) mass is 511 g/mol. The van der Waals surface area contributed by atoms with Crippen molar-refractivity contribution in [1.82, 2.24) is 9.88 Å². The van der Waals surface area contributed by atoms with Crippen molar-refractivity contribution in [3.63, 3.8) is 0 Å². The summed E-state index contributed by atoms with van der Waals surface area (Å²) in [5, 5.41) is 11.9. The molecule has 0 bridgehead atoms. The number of nitrogens with zero attached hydrogens (tertiary/aromatic N) is 4. The van der Waals surface area contributed by atoms with Crippen molar-refractivity contribution in [3.05, 3.63) is 88.1 Å². The lowest BCUT2D eigenvalue weighted by atomic mass is 9.85. The molecule has 0 radical (unpaired) electrons. The normalized spacial score (nSPS) is 16.4. The first-order chi connectivity index (χ1) is 18.3. The Morgan fingerprint density at radius 2 is 1.71 bits per heavy atom. The molecule has 7 nitrogen and oxygen atoms in total. The van der Waals surface area contributed by atoms with Crippen LogP contribution in [0.5, 0.6) is 0 Å². The lowest BCUT2D eigenvalue weighted by Gasteiger charge is -2.37. The van der Waals surface area contributed by atoms with E-state index in [0.29, 0.717) is 27.9 Å². The Labute approximate surface area is 221 Å². The van der Waals surface area contributed by atoms with Gasteiger partial charge in [0, 0.05) is 56.5 Å². The number of benzene rings is 2. The summed E-state index contributed by atoms with van der Waals surface area (Å²) in [6, 6.07) is 15.8. The van der Waals surface area contributed by atoms with Crippen LogP contribution in [0.4, 0.5) is 15.9 Å². The summed E-state index contributed by atoms with van der Waals surface area (Å²) in [7, 11) is 0. The van der Waals surface area contributed by atoms with Gasteiger partial charge in [0.15, 0.2) is 0 Å². The number of hydrogen-bond acceptors (Lipinski definition) is 5. The third kappa shape index (κ3) is 4.97. The Balaban J connectivity index is 1.27. The molecular formula is C30H30FN5O2. The van der Waals surface area contributed by atoms with E-state index in [0.717, 1.165) is 36.5 Å². The first kappa shape index (κ1) is 25.4. The number of halogens is 1. The largest absolute Gasteiger partial charge is 0.356 e. The van der Waals surface area contributed by atoms with Gasteiger partial charge in [-0.25, -0.2) is 9.37 Å². The van der Waals surface area contributed by atoms with Gasteiger partial charge >= 0.3 is 0 Å². The van der Waals surface area contributed by atoms with E-state index in [4.69, 9.17) is 5.26 Å². The molecule has 0 atom stereocenters. The van der Waals surface area contributed by atoms with Gasteiger partial charge in [-0.05, 0) is 67.3 Å². The average Bonchev–Trinajstić information content (AvgIpc) is 2.89. The lowest BCUT2D eigenvalue weighted by Crippen LogP contribution is -2.43. The fraction of sp³-hybridized carbons (Fsp3) is 0.333. The summed E-state index contributed by atoms with van der Waals surface area (Å²) in [5.74, 6) is 0.395. The minimum absolute atomic E-state index is 0.180. The summed E-state index contributed by atoms with van der Waals surface area (Å²) in [4.78, 5) is 34.6. The summed E-state index contributed by atoms with van der Waals surface area (Å²) < 4.78 is 15.7. The molecule has 1 N–H and O–H groups in total. The fourth-order valence-electron chi connectivity index (χ4n) is 5.03. The standard InChI is InChI=1S/C30H30FN5O2/c1-20-16-21(2)26(34-28(37)23-6-9-27(33-19-23)35-12-3-13-35)17-25(20)29(38)36-14-10-30(31,11-15-36)24-7-4-22(18-32)5-8-24/h4-9,16-17,19H,3,10-15H2,1-2H3,(H,34,37). The maximum Gasteiger partial charge on any atom is 0.257 e. The zero-order valence-corrected chi connectivity index (χ0v) is 21.6. The maximum absolute atomic E-state index is 15.7. The van der Waals surface area contributed by atoms with Crippen LogP contribution in [0, 0.1) is 25.2 Å². The van der Waals surface area contributed by atoms with Crippen molar-refractivity contribution in [3.8, 4) is 6.07 Å². The SMILES string of the molecule is Cc1cc(C)c(C(=O)N2CCC(F)(c3ccc(C#N)cc3)CC2)cc1NC(=O)c1ccc(N2CCC2)nc1. The summed E-state index contributed by atoms with van der Waals surface area (Å²) in [6.07, 6.45) is 3.09. The predicted octanol–water partition coefficient (Wildman–Crippen LogP) is 5.13. The zero-order chi connectivity index (χ0) is 26.9. The number of carbonyl (C=O) groups is 2. The van der Waals surface area contributed by atoms with Gasteiger partial charge in [-0.15, -0.1) is 0 Å². The summed E-state index contributed by atoms with van der Waals surface area (Å²) in [6.45, 7) is 6.27. The minimum Gasteiger partial charge on any atom is -0.356 e. The number of carbonyl (C=O) groups excluding carboxylic acids is 2. The molecule has 3 heterocycles. The molecule has 0 aliphatic carbocycles. The van der Waals surface area contributed by atoms with Crippen LogP contribution >= 0.6 is 0 Å². The molecule has 2 aliphatic rings. The second kappa shape index (κ2) is 10.3. The first-order valence-corrected chi connectivity index (χ1v) is 12.9. The Kier molecular flexibility index (Phi) is 6.85. The molecular weight excluding hydrogens is 481 g/mol. The molecule has 2 saturated heterocycles. The van der Waals surface area contributed by atoms with Crippen LogP contribution in [-0.2, 0) is 5.67 Å². The van der Waals surface area contributed by atoms with E-state index in [1.165, 1.54) is 0 Å². The van der Waals surface area contributed by atoms with E-state index in [9.17, 15) is 9.59 Å². The molecule has 2 fully saturated rings. The third-order valence-corrected chi connectivity index (χ3v) is 7.61. The van der Waals surface area contributed by atoms with Gasteiger partial charge in [-0.3, -0.25) is 9.59 Å². The van der Waals surface area contributed by atoms with Gasteiger partial charge in [0.1, 0.15) is 11.5 Å². The molecule has 0 saturated carbocycles. The molecule has 194 valence electrons. The number of pyridine rings is 1. The second-order valence-electron chi connectivity index (χ2n) is 10.1. The van der Waals surface area contributed by atoms with Crippen LogP contribution in [0.3, 0.4) is 0 Å². The van der Waals surface area contributed by atoms with Gasteiger partial charge in [0.05, 0.1) is 17.2 Å². The van der Waals surface area contributed by atoms with Gasteiger partial charge in [0.2, 0.25) is 0 Å². The van der Waals surface area contributed by atoms with Crippen molar-refractivity contribution >= 4 is 23.3 Å². The first-order valence-electron chi connectivity index (χ1n) is 12.9. The van der Waals surface area contributed by atoms with E-state index >= 15 is 4.39 Å². The van der Waals surface area contributed by atoms with E-state index in [1.807, 2.05) is 32.0 Å². The zero-order valence-electron chi connectivity index (χ0n) is 21.6. The highest BCUT2D eigenvalue weighted by molar-refractivity contribution is 6.05. The van der Waals surface area contributed by atoms with Crippen molar-refractivity contribution < 1.29 is 14.0 Å². The number of amides is 2. The average molecular weight is 512 g/mol. The van der Waals surface area contributed by atoms with E-state index in [2.05, 4.69) is 15.2 Å². The van der Waals surface area contributed by atoms with Crippen molar-refractivity contribution in [2.24, 2.45) is 0 Å². The second-order valence-corrected chi connectivity index (χ2v) is 10.1. The van der Waals surface area contributed by atoms with Gasteiger partial charge in [-0.1, -0.05) is 18.2 Å². The van der Waals surface area contributed by atoms with Gasteiger partial charge in [-0.2, -0.15) is 5.26 Å². The molecule has 2 aromatic carbocycles. The number of piperidine rings is 1. The number of alkyl halides is 1. The molecule has 0 unspecified atom stereocenters.